The number of hydrogen-bond donors (Lipinski definition) is 2. The van der Waals surface area contributed by atoms with Gasteiger partial charge in [0.25, 0.3) is 0 Å². The Labute approximate surface area is 160 Å². The summed E-state index contributed by atoms with van der Waals surface area (Å²) in [7, 11) is 1.66. The van der Waals surface area contributed by atoms with Crippen molar-refractivity contribution in [2.45, 2.75) is 25.6 Å². The average molecular weight is 399 g/mol. The van der Waals surface area contributed by atoms with Crippen LogP contribution in [0.25, 0.3) is 11.6 Å². The number of rotatable bonds is 5. The first kappa shape index (κ1) is 20.2. The van der Waals surface area contributed by atoms with Gasteiger partial charge in [-0.3, -0.25) is 15.0 Å². The number of aromatic nitrogens is 3. The molecule has 2 aromatic heterocycles. The van der Waals surface area contributed by atoms with Crippen LogP contribution in [-0.2, 0) is 6.42 Å². The minimum absolute atomic E-state index is 0.343. The van der Waals surface area contributed by atoms with E-state index in [0.29, 0.717) is 62.5 Å². The molecule has 1 fully saturated rings. The van der Waals surface area contributed by atoms with E-state index in [9.17, 15) is 13.2 Å². The Morgan fingerprint density at radius 1 is 1.36 bits per heavy atom. The van der Waals surface area contributed by atoms with Crippen LogP contribution < -0.4 is 5.32 Å². The summed E-state index contributed by atoms with van der Waals surface area (Å²) in [5.41, 5.74) is 0. The molecule has 11 heteroatoms. The average Bonchev–Trinajstić information content (AvgIpc) is 3.36. The minimum Gasteiger partial charge on any atom is -0.461 e. The van der Waals surface area contributed by atoms with Gasteiger partial charge in [-0.1, -0.05) is 0 Å². The van der Waals surface area contributed by atoms with E-state index in [-0.39, 0.29) is 0 Å². The first-order valence-corrected chi connectivity index (χ1v) is 9.10. The van der Waals surface area contributed by atoms with Crippen LogP contribution in [0.5, 0.6) is 0 Å². The molecule has 1 saturated heterocycles. The molecule has 0 aromatic carbocycles. The van der Waals surface area contributed by atoms with Crippen molar-refractivity contribution in [1.82, 2.24) is 30.3 Å². The maximum absolute atomic E-state index is 12.9. The SMILES string of the molecule is CN=C(NCCc1nc(-c2ccco2)n[nH]1)N1CCN(C(C)C(F)(F)F)CC1. The molecule has 1 aliphatic heterocycles. The summed E-state index contributed by atoms with van der Waals surface area (Å²) in [4.78, 5) is 12.0. The molecular weight excluding hydrogens is 375 g/mol. The lowest BCUT2D eigenvalue weighted by molar-refractivity contribution is -0.181. The van der Waals surface area contributed by atoms with Gasteiger partial charge < -0.3 is 14.6 Å². The summed E-state index contributed by atoms with van der Waals surface area (Å²) in [6.07, 6.45) is -2.04. The van der Waals surface area contributed by atoms with Crippen molar-refractivity contribution in [2.75, 3.05) is 39.8 Å². The Morgan fingerprint density at radius 3 is 2.71 bits per heavy atom. The fourth-order valence-electron chi connectivity index (χ4n) is 3.08. The van der Waals surface area contributed by atoms with Crippen LogP contribution in [0, 0.1) is 0 Å². The first-order chi connectivity index (χ1) is 13.4. The van der Waals surface area contributed by atoms with E-state index in [1.807, 2.05) is 4.90 Å². The highest BCUT2D eigenvalue weighted by molar-refractivity contribution is 5.80. The van der Waals surface area contributed by atoms with E-state index in [2.05, 4.69) is 25.5 Å². The van der Waals surface area contributed by atoms with Gasteiger partial charge in [0, 0.05) is 46.2 Å². The van der Waals surface area contributed by atoms with Crippen molar-refractivity contribution in [3.63, 3.8) is 0 Å². The zero-order valence-electron chi connectivity index (χ0n) is 15.8. The highest BCUT2D eigenvalue weighted by Crippen LogP contribution is 2.25. The van der Waals surface area contributed by atoms with Gasteiger partial charge >= 0.3 is 6.18 Å². The molecule has 0 bridgehead atoms. The Bertz CT molecular complexity index is 764. The number of guanidine groups is 1. The van der Waals surface area contributed by atoms with Gasteiger partial charge in [0.2, 0.25) is 5.82 Å². The largest absolute Gasteiger partial charge is 0.461 e. The number of aliphatic imine (C=N–C) groups is 1. The highest BCUT2D eigenvalue weighted by atomic mass is 19.4. The molecule has 0 saturated carbocycles. The summed E-state index contributed by atoms with van der Waals surface area (Å²) in [5, 5.41) is 10.2. The second kappa shape index (κ2) is 8.63. The van der Waals surface area contributed by atoms with Crippen LogP contribution in [0.1, 0.15) is 12.7 Å². The van der Waals surface area contributed by atoms with Crippen molar-refractivity contribution in [3.05, 3.63) is 24.2 Å². The third kappa shape index (κ3) is 4.83. The van der Waals surface area contributed by atoms with E-state index in [1.165, 1.54) is 11.8 Å². The van der Waals surface area contributed by atoms with Crippen LogP contribution in [0.2, 0.25) is 0 Å². The zero-order valence-corrected chi connectivity index (χ0v) is 15.8. The molecule has 154 valence electrons. The predicted octanol–water partition coefficient (Wildman–Crippen LogP) is 1.75. The molecule has 2 N–H and O–H groups in total. The Balaban J connectivity index is 1.45. The van der Waals surface area contributed by atoms with Crippen molar-refractivity contribution in [1.29, 1.82) is 0 Å². The molecule has 1 unspecified atom stereocenters. The van der Waals surface area contributed by atoms with Crippen molar-refractivity contribution >= 4 is 5.96 Å². The van der Waals surface area contributed by atoms with Gasteiger partial charge in [-0.05, 0) is 19.1 Å². The summed E-state index contributed by atoms with van der Waals surface area (Å²) in [5.74, 6) is 2.47. The number of H-pyrrole nitrogens is 1. The van der Waals surface area contributed by atoms with E-state index in [4.69, 9.17) is 4.42 Å². The molecule has 8 nitrogen and oxygen atoms in total. The quantitative estimate of drug-likeness (QED) is 0.589. The van der Waals surface area contributed by atoms with Crippen LogP contribution in [0.3, 0.4) is 0 Å². The number of halogens is 3. The second-order valence-electron chi connectivity index (χ2n) is 6.55. The number of alkyl halides is 3. The lowest BCUT2D eigenvalue weighted by Gasteiger charge is -2.39. The predicted molar refractivity (Wildman–Crippen MR) is 97.8 cm³/mol. The second-order valence-corrected chi connectivity index (χ2v) is 6.55. The fraction of sp³-hybridized carbons (Fsp3) is 0.588. The minimum atomic E-state index is -4.20. The van der Waals surface area contributed by atoms with E-state index in [0.717, 1.165) is 0 Å². The smallest absolute Gasteiger partial charge is 0.403 e. The zero-order chi connectivity index (χ0) is 20.1. The normalized spacial score (nSPS) is 17.8. The van der Waals surface area contributed by atoms with Gasteiger partial charge in [-0.15, -0.1) is 0 Å². The Morgan fingerprint density at radius 2 is 2.11 bits per heavy atom. The lowest BCUT2D eigenvalue weighted by Crippen LogP contribution is -2.56. The standard InChI is InChI=1S/C17H24F3N7O/c1-12(17(18,19)20)26-7-9-27(10-8-26)16(21-2)22-6-5-14-23-15(25-24-14)13-4-3-11-28-13/h3-4,11-12H,5-10H2,1-2H3,(H,21,22)(H,23,24,25). The number of piperazine rings is 1. The molecule has 0 aliphatic carbocycles. The summed E-state index contributed by atoms with van der Waals surface area (Å²) >= 11 is 0. The Kier molecular flexibility index (Phi) is 6.22. The molecular formula is C17H24F3N7O. The van der Waals surface area contributed by atoms with Crippen LogP contribution in [-0.4, -0.2) is 82.9 Å². The van der Waals surface area contributed by atoms with Gasteiger partial charge in [0.1, 0.15) is 11.9 Å². The maximum Gasteiger partial charge on any atom is 0.403 e. The van der Waals surface area contributed by atoms with Crippen LogP contribution in [0.15, 0.2) is 27.8 Å². The molecule has 3 rings (SSSR count). The molecule has 0 amide bonds. The maximum atomic E-state index is 12.9. The molecule has 0 radical (unpaired) electrons. The van der Waals surface area contributed by atoms with E-state index >= 15 is 0 Å². The van der Waals surface area contributed by atoms with Crippen molar-refractivity contribution < 1.29 is 17.6 Å². The number of nitrogens with zero attached hydrogens (tertiary/aromatic N) is 5. The van der Waals surface area contributed by atoms with Gasteiger partial charge in [0.05, 0.1) is 6.26 Å². The van der Waals surface area contributed by atoms with E-state index < -0.39 is 12.2 Å². The molecule has 28 heavy (non-hydrogen) atoms. The highest BCUT2D eigenvalue weighted by Gasteiger charge is 2.41. The van der Waals surface area contributed by atoms with Crippen molar-refractivity contribution in [2.24, 2.45) is 4.99 Å². The first-order valence-electron chi connectivity index (χ1n) is 9.10. The monoisotopic (exact) mass is 399 g/mol. The van der Waals surface area contributed by atoms with E-state index in [1.54, 1.807) is 25.4 Å². The molecule has 3 heterocycles. The van der Waals surface area contributed by atoms with Crippen LogP contribution >= 0.6 is 0 Å². The third-order valence-corrected chi connectivity index (χ3v) is 4.77. The van der Waals surface area contributed by atoms with Crippen LogP contribution in [0.4, 0.5) is 13.2 Å². The van der Waals surface area contributed by atoms with Gasteiger partial charge in [-0.2, -0.15) is 18.3 Å². The Hall–Kier alpha value is -2.56. The van der Waals surface area contributed by atoms with Gasteiger partial charge in [-0.25, -0.2) is 4.98 Å². The fourth-order valence-corrected chi connectivity index (χ4v) is 3.08. The van der Waals surface area contributed by atoms with Crippen molar-refractivity contribution in [3.8, 4) is 11.6 Å². The molecule has 2 aromatic rings. The van der Waals surface area contributed by atoms with Gasteiger partial charge in [0.15, 0.2) is 11.7 Å². The summed E-state index contributed by atoms with van der Waals surface area (Å²) < 4.78 is 43.8. The molecule has 0 spiro atoms. The third-order valence-electron chi connectivity index (χ3n) is 4.77. The topological polar surface area (TPSA) is 85.6 Å². The number of nitrogens with one attached hydrogen (secondary N) is 2. The summed E-state index contributed by atoms with van der Waals surface area (Å²) in [6, 6.07) is 2.12. The molecule has 1 atom stereocenters. The lowest BCUT2D eigenvalue weighted by atomic mass is 10.2. The summed E-state index contributed by atoms with van der Waals surface area (Å²) in [6.45, 7) is 3.44. The number of aromatic amines is 1. The molecule has 1 aliphatic rings. The number of hydrogen-bond acceptors (Lipinski definition) is 5. The number of furan rings is 1.